The van der Waals surface area contributed by atoms with Gasteiger partial charge in [0.15, 0.2) is 0 Å². The standard InChI is InChI=1S/C35H38F3N9O6S/c1-44-20-24(18-40-44)31-28(35(36,37)38)19-39-34(43-31)41-25-8-12-45(13-9-25)54(51,52)46-14-10-26(11-15-46)53-16-2-3-22-4-5-27-23(17-22)21-47(33(27)50)29-6-7-30(48)42-32(29)49/h4-5,17-20,25-26,29H,6-16,21H2,1H3,(H,39,41,43)(H,42,48,49). The van der Waals surface area contributed by atoms with Gasteiger partial charge in [0.25, 0.3) is 16.1 Å². The Labute approximate surface area is 309 Å². The van der Waals surface area contributed by atoms with Gasteiger partial charge >= 0.3 is 6.18 Å². The summed E-state index contributed by atoms with van der Waals surface area (Å²) in [4.78, 5) is 46.3. The van der Waals surface area contributed by atoms with E-state index >= 15 is 0 Å². The molecule has 7 rings (SSSR count). The molecule has 3 aromatic rings. The Hall–Kier alpha value is -4.90. The zero-order valence-corrected chi connectivity index (χ0v) is 30.1. The average molecular weight is 770 g/mol. The number of nitrogens with one attached hydrogen (secondary N) is 2. The number of amides is 3. The number of rotatable bonds is 8. The van der Waals surface area contributed by atoms with E-state index in [1.54, 1.807) is 19.2 Å². The lowest BCUT2D eigenvalue weighted by atomic mass is 10.0. The highest BCUT2D eigenvalue weighted by Crippen LogP contribution is 2.36. The van der Waals surface area contributed by atoms with Crippen LogP contribution in [0.3, 0.4) is 0 Å². The van der Waals surface area contributed by atoms with Crippen LogP contribution >= 0.6 is 0 Å². The number of piperidine rings is 3. The van der Waals surface area contributed by atoms with Crippen molar-refractivity contribution in [1.82, 2.24) is 38.6 Å². The molecule has 54 heavy (non-hydrogen) atoms. The second kappa shape index (κ2) is 15.1. The van der Waals surface area contributed by atoms with E-state index in [1.165, 1.54) is 30.6 Å². The van der Waals surface area contributed by atoms with Crippen molar-refractivity contribution in [2.45, 2.75) is 69.4 Å². The van der Waals surface area contributed by atoms with Gasteiger partial charge in [-0.2, -0.15) is 35.3 Å². The molecule has 0 bridgehead atoms. The number of fused-ring (bicyclic) bond motifs is 1. The van der Waals surface area contributed by atoms with Crippen molar-refractivity contribution >= 4 is 33.9 Å². The first kappa shape index (κ1) is 37.4. The van der Waals surface area contributed by atoms with Crippen LogP contribution in [0.4, 0.5) is 19.1 Å². The van der Waals surface area contributed by atoms with E-state index in [0.717, 1.165) is 11.8 Å². The number of halogens is 3. The maximum atomic E-state index is 13.7. The van der Waals surface area contributed by atoms with Crippen molar-refractivity contribution in [3.8, 4) is 23.1 Å². The number of carbonyl (C=O) groups excluding carboxylic acids is 3. The van der Waals surface area contributed by atoms with Crippen molar-refractivity contribution in [3.63, 3.8) is 0 Å². The van der Waals surface area contributed by atoms with Crippen LogP contribution in [0, 0.1) is 11.8 Å². The van der Waals surface area contributed by atoms with Crippen molar-refractivity contribution in [3.05, 3.63) is 59.0 Å². The summed E-state index contributed by atoms with van der Waals surface area (Å²) in [5, 5.41) is 9.33. The lowest BCUT2D eigenvalue weighted by Gasteiger charge is -2.37. The van der Waals surface area contributed by atoms with Gasteiger partial charge in [-0.15, -0.1) is 0 Å². The van der Waals surface area contributed by atoms with Crippen LogP contribution in [-0.2, 0) is 44.3 Å². The fraction of sp³-hybridized carbons (Fsp3) is 0.486. The van der Waals surface area contributed by atoms with Crippen molar-refractivity contribution in [2.75, 3.05) is 38.1 Å². The number of hydrogen-bond donors (Lipinski definition) is 2. The number of aromatic nitrogens is 4. The Morgan fingerprint density at radius 3 is 2.41 bits per heavy atom. The number of hydrogen-bond acceptors (Lipinski definition) is 10. The maximum absolute atomic E-state index is 13.7. The maximum Gasteiger partial charge on any atom is 0.419 e. The van der Waals surface area contributed by atoms with E-state index < -0.39 is 33.9 Å². The summed E-state index contributed by atoms with van der Waals surface area (Å²) in [6.45, 7) is 1.44. The minimum Gasteiger partial charge on any atom is -0.365 e. The number of alkyl halides is 3. The van der Waals surface area contributed by atoms with Crippen LogP contribution in [0.1, 0.15) is 65.6 Å². The fourth-order valence-corrected chi connectivity index (χ4v) is 8.85. The number of imide groups is 1. The Bertz CT molecular complexity index is 2120. The second-order valence-corrected chi connectivity index (χ2v) is 15.6. The van der Waals surface area contributed by atoms with Gasteiger partial charge in [-0.3, -0.25) is 24.4 Å². The normalized spacial score (nSPS) is 20.8. The van der Waals surface area contributed by atoms with E-state index in [9.17, 15) is 36.0 Å². The minimum absolute atomic E-state index is 0.0251. The third kappa shape index (κ3) is 7.97. The molecule has 6 heterocycles. The van der Waals surface area contributed by atoms with Crippen LogP contribution in [0.15, 0.2) is 36.8 Å². The van der Waals surface area contributed by atoms with Crippen LogP contribution in [0.5, 0.6) is 0 Å². The van der Waals surface area contributed by atoms with Gasteiger partial charge in [0.05, 0.1) is 18.0 Å². The number of benzene rings is 1. The van der Waals surface area contributed by atoms with Gasteiger partial charge in [-0.25, -0.2) is 9.97 Å². The summed E-state index contributed by atoms with van der Waals surface area (Å²) in [6.07, 6.45) is 0.989. The fourth-order valence-electron chi connectivity index (χ4n) is 7.18. The average Bonchev–Trinajstić information content (AvgIpc) is 3.72. The highest BCUT2D eigenvalue weighted by atomic mass is 32.2. The Kier molecular flexibility index (Phi) is 10.5. The first-order chi connectivity index (χ1) is 25.8. The molecule has 286 valence electrons. The number of ether oxygens (including phenoxy) is 1. The number of carbonyl (C=O) groups is 3. The third-order valence-electron chi connectivity index (χ3n) is 10.1. The molecule has 3 amide bonds. The van der Waals surface area contributed by atoms with E-state index in [2.05, 4.69) is 37.5 Å². The second-order valence-electron chi connectivity index (χ2n) is 13.7. The molecule has 2 N–H and O–H groups in total. The van der Waals surface area contributed by atoms with Crippen LogP contribution in [0.2, 0.25) is 0 Å². The first-order valence-electron chi connectivity index (χ1n) is 17.6. The van der Waals surface area contributed by atoms with Gasteiger partial charge in [-0.1, -0.05) is 11.8 Å². The summed E-state index contributed by atoms with van der Waals surface area (Å²) in [6, 6.07) is 4.33. The molecule has 4 aliphatic heterocycles. The van der Waals surface area contributed by atoms with Gasteiger partial charge in [0, 0.05) is 81.3 Å². The number of anilines is 1. The topological polar surface area (TPSA) is 172 Å². The summed E-state index contributed by atoms with van der Waals surface area (Å²) in [7, 11) is -2.13. The van der Waals surface area contributed by atoms with Crippen molar-refractivity contribution in [2.24, 2.45) is 7.05 Å². The summed E-state index contributed by atoms with van der Waals surface area (Å²) < 4.78 is 78.2. The quantitative estimate of drug-likeness (QED) is 0.256. The Morgan fingerprint density at radius 1 is 1.02 bits per heavy atom. The predicted molar refractivity (Wildman–Crippen MR) is 186 cm³/mol. The third-order valence-corrected chi connectivity index (χ3v) is 12.1. The van der Waals surface area contributed by atoms with Crippen LogP contribution in [-0.4, -0.2) is 110 Å². The molecular weight excluding hydrogens is 732 g/mol. The molecule has 3 fully saturated rings. The van der Waals surface area contributed by atoms with E-state index in [4.69, 9.17) is 4.74 Å². The number of nitrogens with zero attached hydrogens (tertiary/aromatic N) is 7. The lowest BCUT2D eigenvalue weighted by molar-refractivity contribution is -0.138. The van der Waals surface area contributed by atoms with Gasteiger partial charge < -0.3 is 15.0 Å². The molecule has 1 unspecified atom stereocenters. The number of aryl methyl sites for hydroxylation is 1. The van der Waals surface area contributed by atoms with Crippen molar-refractivity contribution < 1.29 is 40.7 Å². The monoisotopic (exact) mass is 769 g/mol. The molecule has 1 aromatic carbocycles. The van der Waals surface area contributed by atoms with Gasteiger partial charge in [0.1, 0.15) is 18.2 Å². The Balaban J connectivity index is 0.863. The smallest absolute Gasteiger partial charge is 0.365 e. The van der Waals surface area contributed by atoms with Gasteiger partial charge in [-0.05, 0) is 55.9 Å². The first-order valence-corrected chi connectivity index (χ1v) is 19.0. The van der Waals surface area contributed by atoms with Crippen molar-refractivity contribution in [1.29, 1.82) is 0 Å². The molecule has 4 aliphatic rings. The minimum atomic E-state index is -4.65. The molecule has 19 heteroatoms. The van der Waals surface area contributed by atoms with E-state index in [0.29, 0.717) is 43.2 Å². The molecule has 2 aromatic heterocycles. The molecular formula is C35H38F3N9O6S. The molecule has 0 spiro atoms. The summed E-state index contributed by atoms with van der Waals surface area (Å²) in [5.41, 5.74) is 0.906. The predicted octanol–water partition coefficient (Wildman–Crippen LogP) is 2.31. The lowest BCUT2D eigenvalue weighted by Crippen LogP contribution is -2.52. The van der Waals surface area contributed by atoms with Crippen LogP contribution in [0.25, 0.3) is 11.3 Å². The van der Waals surface area contributed by atoms with E-state index in [1.807, 2.05) is 6.07 Å². The molecule has 0 saturated carbocycles. The molecule has 0 radical (unpaired) electrons. The summed E-state index contributed by atoms with van der Waals surface area (Å²) >= 11 is 0. The highest BCUT2D eigenvalue weighted by molar-refractivity contribution is 7.86. The molecule has 3 saturated heterocycles. The molecule has 1 atom stereocenters. The van der Waals surface area contributed by atoms with E-state index in [-0.39, 0.29) is 86.9 Å². The zero-order chi connectivity index (χ0) is 38.2. The van der Waals surface area contributed by atoms with Gasteiger partial charge in [0.2, 0.25) is 17.8 Å². The highest BCUT2D eigenvalue weighted by Gasteiger charge is 2.40. The molecule has 15 nitrogen and oxygen atoms in total. The largest absolute Gasteiger partial charge is 0.419 e. The Morgan fingerprint density at radius 2 is 1.74 bits per heavy atom. The summed E-state index contributed by atoms with van der Waals surface area (Å²) in [5.74, 6) is 5.02. The molecule has 0 aliphatic carbocycles. The zero-order valence-electron chi connectivity index (χ0n) is 29.3. The van der Waals surface area contributed by atoms with Crippen LogP contribution < -0.4 is 10.6 Å². The SMILES string of the molecule is Cn1cc(-c2nc(NC3CCN(S(=O)(=O)N4CCC(OCC#Cc5ccc6c(c5)CN(C5CCC(=O)NC5=O)C6=O)CC4)CC3)ncc2C(F)(F)F)cn1.